The Balaban J connectivity index is 0.00000112. The third kappa shape index (κ3) is 2.33. The Morgan fingerprint density at radius 3 is 2.67 bits per heavy atom. The summed E-state index contributed by atoms with van der Waals surface area (Å²) in [6.45, 7) is 0. The molecule has 1 unspecified atom stereocenters. The fraction of sp³-hybridized carbons (Fsp3) is 0.400. The van der Waals surface area contributed by atoms with Crippen LogP contribution in [0.3, 0.4) is 0 Å². The number of rotatable bonds is 1. The Hall–Kier alpha value is -0.580. The van der Waals surface area contributed by atoms with E-state index in [2.05, 4.69) is 0 Å². The number of hydrogen-bond acceptors (Lipinski definition) is 3. The van der Waals surface area contributed by atoms with Gasteiger partial charge in [-0.3, -0.25) is 0 Å². The number of sulfone groups is 1. The average Bonchev–Trinajstić information content (AvgIpc) is 2.46. The molecule has 5 heteroatoms. The lowest BCUT2D eigenvalue weighted by molar-refractivity contribution is 0.601. The topological polar surface area (TPSA) is 60.2 Å². The van der Waals surface area contributed by atoms with Crippen LogP contribution in [0, 0.1) is 0 Å². The maximum atomic E-state index is 11.3. The fourth-order valence-corrected chi connectivity index (χ4v) is 2.50. The van der Waals surface area contributed by atoms with Crippen molar-refractivity contribution >= 4 is 22.2 Å². The first kappa shape index (κ1) is 12.5. The highest BCUT2D eigenvalue weighted by atomic mass is 35.5. The molecule has 0 aromatic heterocycles. The summed E-state index contributed by atoms with van der Waals surface area (Å²) in [6, 6.07) is 5.25. The molecule has 0 spiro atoms. The Labute approximate surface area is 96.0 Å². The molecule has 1 aromatic carbocycles. The van der Waals surface area contributed by atoms with Gasteiger partial charge in [-0.2, -0.15) is 0 Å². The number of halogens is 1. The van der Waals surface area contributed by atoms with E-state index in [0.717, 1.165) is 18.4 Å². The fourth-order valence-electron chi connectivity index (χ4n) is 1.84. The van der Waals surface area contributed by atoms with Crippen LogP contribution in [-0.4, -0.2) is 14.7 Å². The van der Waals surface area contributed by atoms with Crippen LogP contribution in [0.4, 0.5) is 0 Å². The van der Waals surface area contributed by atoms with Crippen LogP contribution >= 0.6 is 12.4 Å². The highest BCUT2D eigenvalue weighted by Crippen LogP contribution is 2.30. The van der Waals surface area contributed by atoms with E-state index in [4.69, 9.17) is 5.73 Å². The van der Waals surface area contributed by atoms with Crippen LogP contribution in [0.25, 0.3) is 0 Å². The van der Waals surface area contributed by atoms with E-state index in [1.54, 1.807) is 12.1 Å². The molecule has 1 aromatic rings. The molecule has 2 N–H and O–H groups in total. The van der Waals surface area contributed by atoms with Gasteiger partial charge in [0.25, 0.3) is 0 Å². The van der Waals surface area contributed by atoms with Crippen molar-refractivity contribution in [2.45, 2.75) is 23.8 Å². The van der Waals surface area contributed by atoms with E-state index in [-0.39, 0.29) is 18.4 Å². The minimum atomic E-state index is -3.10. The zero-order valence-electron chi connectivity index (χ0n) is 8.43. The van der Waals surface area contributed by atoms with Gasteiger partial charge in [-0.1, -0.05) is 6.07 Å². The number of aryl methyl sites for hydroxylation is 1. The lowest BCUT2D eigenvalue weighted by Crippen LogP contribution is -2.06. The molecule has 1 atom stereocenters. The first-order valence-electron chi connectivity index (χ1n) is 4.57. The number of hydrogen-bond donors (Lipinski definition) is 1. The number of benzene rings is 1. The summed E-state index contributed by atoms with van der Waals surface area (Å²) in [4.78, 5) is 0.369. The Bertz CT molecular complexity index is 470. The monoisotopic (exact) mass is 247 g/mol. The lowest BCUT2D eigenvalue weighted by atomic mass is 10.1. The molecule has 1 aliphatic carbocycles. The molecule has 0 radical (unpaired) electrons. The van der Waals surface area contributed by atoms with E-state index < -0.39 is 9.84 Å². The minimum absolute atomic E-state index is 0. The standard InChI is InChI=1S/C10H13NO2S.ClH/c1-14(12,13)8-4-2-7-3-5-10(11)9(7)6-8;/h2,4,6,10H,3,5,11H2,1H3;1H. The quantitative estimate of drug-likeness (QED) is 0.817. The number of fused-ring (bicyclic) bond motifs is 1. The van der Waals surface area contributed by atoms with Crippen molar-refractivity contribution in [2.24, 2.45) is 5.73 Å². The highest BCUT2D eigenvalue weighted by molar-refractivity contribution is 7.90. The van der Waals surface area contributed by atoms with Crippen molar-refractivity contribution in [3.8, 4) is 0 Å². The molecule has 0 bridgehead atoms. The number of nitrogens with two attached hydrogens (primary N) is 1. The van der Waals surface area contributed by atoms with Crippen LogP contribution in [0.1, 0.15) is 23.6 Å². The molecule has 0 saturated carbocycles. The zero-order chi connectivity index (χ0) is 10.3. The van der Waals surface area contributed by atoms with Gasteiger partial charge in [-0.25, -0.2) is 8.42 Å². The third-order valence-corrected chi connectivity index (χ3v) is 3.78. The summed E-state index contributed by atoms with van der Waals surface area (Å²) in [5.74, 6) is 0. The van der Waals surface area contributed by atoms with Crippen molar-refractivity contribution in [3.63, 3.8) is 0 Å². The predicted molar refractivity (Wildman–Crippen MR) is 62.0 cm³/mol. The predicted octanol–water partition coefficient (Wildman–Crippen LogP) is 1.46. The second-order valence-corrected chi connectivity index (χ2v) is 5.79. The van der Waals surface area contributed by atoms with Gasteiger partial charge in [-0.15, -0.1) is 12.4 Å². The molecule has 1 aliphatic rings. The Morgan fingerprint density at radius 1 is 1.40 bits per heavy atom. The van der Waals surface area contributed by atoms with Gasteiger partial charge in [0.05, 0.1) is 4.90 Å². The normalized spacial score (nSPS) is 19.5. The molecular weight excluding hydrogens is 234 g/mol. The van der Waals surface area contributed by atoms with E-state index in [1.807, 2.05) is 6.07 Å². The van der Waals surface area contributed by atoms with Gasteiger partial charge >= 0.3 is 0 Å². The van der Waals surface area contributed by atoms with Crippen LogP contribution in [0.2, 0.25) is 0 Å². The molecule has 0 aliphatic heterocycles. The molecule has 0 heterocycles. The van der Waals surface area contributed by atoms with E-state index >= 15 is 0 Å². The molecule has 3 nitrogen and oxygen atoms in total. The summed E-state index contributed by atoms with van der Waals surface area (Å²) < 4.78 is 22.6. The molecule has 0 fully saturated rings. The van der Waals surface area contributed by atoms with Crippen molar-refractivity contribution in [3.05, 3.63) is 29.3 Å². The van der Waals surface area contributed by atoms with Gasteiger partial charge in [0.15, 0.2) is 9.84 Å². The smallest absolute Gasteiger partial charge is 0.175 e. The lowest BCUT2D eigenvalue weighted by Gasteiger charge is -2.06. The molecule has 15 heavy (non-hydrogen) atoms. The molecule has 0 amide bonds. The summed E-state index contributed by atoms with van der Waals surface area (Å²) in [5, 5.41) is 0. The maximum absolute atomic E-state index is 11.3. The van der Waals surface area contributed by atoms with Crippen molar-refractivity contribution < 1.29 is 8.42 Å². The van der Waals surface area contributed by atoms with Crippen LogP contribution in [-0.2, 0) is 16.3 Å². The SMILES string of the molecule is CS(=O)(=O)c1ccc2c(c1)C(N)CC2.Cl. The van der Waals surface area contributed by atoms with Gasteiger partial charge in [0.2, 0.25) is 0 Å². The summed E-state index contributed by atoms with van der Waals surface area (Å²) >= 11 is 0. The van der Waals surface area contributed by atoms with E-state index in [0.29, 0.717) is 4.90 Å². The Kier molecular flexibility index (Phi) is 3.43. The van der Waals surface area contributed by atoms with Gasteiger partial charge < -0.3 is 5.73 Å². The minimum Gasteiger partial charge on any atom is -0.324 e. The summed E-state index contributed by atoms with van der Waals surface area (Å²) in [7, 11) is -3.10. The van der Waals surface area contributed by atoms with Crippen molar-refractivity contribution in [1.82, 2.24) is 0 Å². The van der Waals surface area contributed by atoms with Crippen molar-refractivity contribution in [2.75, 3.05) is 6.26 Å². The summed E-state index contributed by atoms with van der Waals surface area (Å²) in [6.07, 6.45) is 3.10. The van der Waals surface area contributed by atoms with E-state index in [1.165, 1.54) is 11.8 Å². The van der Waals surface area contributed by atoms with Crippen LogP contribution in [0.5, 0.6) is 0 Å². The van der Waals surface area contributed by atoms with Gasteiger partial charge in [0, 0.05) is 12.3 Å². The Morgan fingerprint density at radius 2 is 2.07 bits per heavy atom. The van der Waals surface area contributed by atoms with Crippen LogP contribution in [0.15, 0.2) is 23.1 Å². The van der Waals surface area contributed by atoms with Crippen molar-refractivity contribution in [1.29, 1.82) is 0 Å². The van der Waals surface area contributed by atoms with Gasteiger partial charge in [-0.05, 0) is 36.1 Å². The second-order valence-electron chi connectivity index (χ2n) is 3.78. The largest absolute Gasteiger partial charge is 0.324 e. The molecule has 2 rings (SSSR count). The average molecular weight is 248 g/mol. The first-order valence-corrected chi connectivity index (χ1v) is 6.46. The second kappa shape index (κ2) is 4.12. The summed E-state index contributed by atoms with van der Waals surface area (Å²) in [5.41, 5.74) is 8.04. The molecule has 84 valence electrons. The zero-order valence-corrected chi connectivity index (χ0v) is 10.1. The van der Waals surface area contributed by atoms with Gasteiger partial charge in [0.1, 0.15) is 0 Å². The van der Waals surface area contributed by atoms with Crippen LogP contribution < -0.4 is 5.73 Å². The van der Waals surface area contributed by atoms with E-state index in [9.17, 15) is 8.42 Å². The highest BCUT2D eigenvalue weighted by Gasteiger charge is 2.20. The maximum Gasteiger partial charge on any atom is 0.175 e. The molecular formula is C10H14ClNO2S. The first-order chi connectivity index (χ1) is 6.48. The molecule has 0 saturated heterocycles. The third-order valence-electron chi connectivity index (χ3n) is 2.67.